The highest BCUT2D eigenvalue weighted by molar-refractivity contribution is 6.11. The van der Waals surface area contributed by atoms with Gasteiger partial charge in [-0.15, -0.1) is 0 Å². The summed E-state index contributed by atoms with van der Waals surface area (Å²) in [7, 11) is 0. The van der Waals surface area contributed by atoms with E-state index in [0.29, 0.717) is 12.1 Å². The molecule has 11 rings (SSSR count). The van der Waals surface area contributed by atoms with E-state index in [1.165, 1.54) is 87.9 Å². The first-order chi connectivity index (χ1) is 25.3. The number of hydrogen-bond donors (Lipinski definition) is 1. The first-order valence-corrected chi connectivity index (χ1v) is 18.0. The van der Waals surface area contributed by atoms with Gasteiger partial charge in [0.1, 0.15) is 0 Å². The minimum Gasteiger partial charge on any atom is -0.333 e. The second-order valence-electron chi connectivity index (χ2n) is 14.1. The molecule has 1 aliphatic heterocycles. The van der Waals surface area contributed by atoms with Gasteiger partial charge < -0.3 is 14.5 Å². The Labute approximate surface area is 296 Å². The fourth-order valence-electron chi connectivity index (χ4n) is 8.48. The summed E-state index contributed by atoms with van der Waals surface area (Å²) in [5, 5.41) is 11.2. The number of nitrogens with one attached hydrogen (secondary N) is 1. The molecule has 2 aliphatic rings. The lowest BCUT2D eigenvalue weighted by atomic mass is 9.98. The normalized spacial score (nSPS) is 17.0. The molecule has 51 heavy (non-hydrogen) atoms. The number of fused-ring (bicyclic) bond motifs is 7. The highest BCUT2D eigenvalue weighted by atomic mass is 15.1. The van der Waals surface area contributed by atoms with Gasteiger partial charge in [0.05, 0.1) is 17.1 Å². The van der Waals surface area contributed by atoms with Gasteiger partial charge in [-0.1, -0.05) is 115 Å². The van der Waals surface area contributed by atoms with Crippen molar-refractivity contribution in [3.8, 4) is 27.9 Å². The zero-order valence-corrected chi connectivity index (χ0v) is 28.1. The van der Waals surface area contributed by atoms with E-state index < -0.39 is 0 Å². The predicted octanol–water partition coefficient (Wildman–Crippen LogP) is 12.1. The van der Waals surface area contributed by atoms with Gasteiger partial charge in [0.2, 0.25) is 0 Å². The van der Waals surface area contributed by atoms with E-state index >= 15 is 0 Å². The molecule has 2 aromatic heterocycles. The molecule has 3 heterocycles. The van der Waals surface area contributed by atoms with E-state index in [1.54, 1.807) is 0 Å². The van der Waals surface area contributed by atoms with Crippen molar-refractivity contribution in [2.24, 2.45) is 0 Å². The molecular weight excluding hydrogens is 619 g/mol. The molecule has 1 fully saturated rings. The average molecular weight is 654 g/mol. The maximum absolute atomic E-state index is 3.50. The molecule has 7 aromatic carbocycles. The van der Waals surface area contributed by atoms with Crippen molar-refractivity contribution in [1.82, 2.24) is 14.5 Å². The summed E-state index contributed by atoms with van der Waals surface area (Å²) in [6.45, 7) is 1.05. The highest BCUT2D eigenvalue weighted by Crippen LogP contribution is 2.40. The van der Waals surface area contributed by atoms with Gasteiger partial charge in [0.25, 0.3) is 0 Å². The van der Waals surface area contributed by atoms with Crippen LogP contribution in [0.2, 0.25) is 0 Å². The van der Waals surface area contributed by atoms with Crippen molar-refractivity contribution in [3.63, 3.8) is 0 Å². The standard InChI is InChI=1S/C48H35N3/c1-2-10-38(11-3-1)50-45-13-7-6-12-40(45)41-27-35(19-23-46(41)50)32-14-16-33(17-15-32)36-20-24-47-42(28-36)43-29-37(44-30-49-44)21-25-48(43)51(47)39-22-18-31-8-4-5-9-34(31)26-39/h1-10,12-29,38,44,49H,11,30H2. The summed E-state index contributed by atoms with van der Waals surface area (Å²) in [5.41, 5.74) is 12.5. The van der Waals surface area contributed by atoms with Crippen molar-refractivity contribution in [2.75, 3.05) is 6.54 Å². The first-order valence-electron chi connectivity index (χ1n) is 18.0. The molecule has 0 spiro atoms. The predicted molar refractivity (Wildman–Crippen MR) is 215 cm³/mol. The van der Waals surface area contributed by atoms with E-state index in [4.69, 9.17) is 0 Å². The Morgan fingerprint density at radius 1 is 0.490 bits per heavy atom. The molecule has 0 radical (unpaired) electrons. The van der Waals surface area contributed by atoms with Gasteiger partial charge in [-0.05, 0) is 99.6 Å². The van der Waals surface area contributed by atoms with Crippen molar-refractivity contribution >= 4 is 54.4 Å². The van der Waals surface area contributed by atoms with Gasteiger partial charge >= 0.3 is 0 Å². The summed E-state index contributed by atoms with van der Waals surface area (Å²) in [6, 6.07) is 55.2. The molecule has 3 nitrogen and oxygen atoms in total. The Kier molecular flexibility index (Phi) is 6.28. The molecule has 0 saturated carbocycles. The molecule has 3 heteroatoms. The average Bonchev–Trinajstić information content (AvgIpc) is 3.93. The minimum absolute atomic E-state index is 0.332. The molecular formula is C48H35N3. The van der Waals surface area contributed by atoms with Crippen molar-refractivity contribution in [3.05, 3.63) is 175 Å². The van der Waals surface area contributed by atoms with Crippen molar-refractivity contribution in [1.29, 1.82) is 0 Å². The zero-order valence-electron chi connectivity index (χ0n) is 28.1. The summed E-state index contributed by atoms with van der Waals surface area (Å²) in [5.74, 6) is 0. The largest absolute Gasteiger partial charge is 0.333 e. The van der Waals surface area contributed by atoms with Crippen molar-refractivity contribution in [2.45, 2.75) is 18.5 Å². The van der Waals surface area contributed by atoms with Crippen LogP contribution in [0.4, 0.5) is 0 Å². The summed E-state index contributed by atoms with van der Waals surface area (Å²) in [4.78, 5) is 0. The maximum Gasteiger partial charge on any atom is 0.0560 e. The minimum atomic E-state index is 0.332. The van der Waals surface area contributed by atoms with E-state index in [1.807, 2.05) is 0 Å². The van der Waals surface area contributed by atoms with Crippen LogP contribution in [0.1, 0.15) is 24.1 Å². The molecule has 0 bridgehead atoms. The van der Waals surface area contributed by atoms with Crippen LogP contribution in [-0.2, 0) is 0 Å². The summed E-state index contributed by atoms with van der Waals surface area (Å²) in [6.07, 6.45) is 9.93. The summed E-state index contributed by atoms with van der Waals surface area (Å²) < 4.78 is 4.94. The molecule has 242 valence electrons. The van der Waals surface area contributed by atoms with Gasteiger partial charge in [-0.25, -0.2) is 0 Å². The highest BCUT2D eigenvalue weighted by Gasteiger charge is 2.24. The van der Waals surface area contributed by atoms with E-state index in [9.17, 15) is 0 Å². The number of benzene rings is 7. The van der Waals surface area contributed by atoms with Gasteiger partial charge in [0.15, 0.2) is 0 Å². The lowest BCUT2D eigenvalue weighted by Crippen LogP contribution is -2.06. The van der Waals surface area contributed by atoms with Crippen LogP contribution in [-0.4, -0.2) is 15.7 Å². The quantitative estimate of drug-likeness (QED) is 0.184. The van der Waals surface area contributed by atoms with Crippen LogP contribution in [0.5, 0.6) is 0 Å². The Morgan fingerprint density at radius 2 is 1.12 bits per heavy atom. The molecule has 0 amide bonds. The zero-order chi connectivity index (χ0) is 33.5. The number of para-hydroxylation sites is 1. The lowest BCUT2D eigenvalue weighted by molar-refractivity contribution is 0.648. The van der Waals surface area contributed by atoms with E-state index in [-0.39, 0.29) is 0 Å². The number of hydrogen-bond acceptors (Lipinski definition) is 1. The van der Waals surface area contributed by atoms with E-state index in [2.05, 4.69) is 184 Å². The van der Waals surface area contributed by atoms with Crippen molar-refractivity contribution < 1.29 is 0 Å². The third kappa shape index (κ3) is 4.62. The third-order valence-electron chi connectivity index (χ3n) is 11.1. The second kappa shape index (κ2) is 11.2. The van der Waals surface area contributed by atoms with Crippen LogP contribution < -0.4 is 5.32 Å². The molecule has 2 atom stereocenters. The second-order valence-corrected chi connectivity index (χ2v) is 14.1. The molecule has 1 N–H and O–H groups in total. The van der Waals surface area contributed by atoms with Gasteiger partial charge in [-0.3, -0.25) is 0 Å². The van der Waals surface area contributed by atoms with Crippen LogP contribution >= 0.6 is 0 Å². The molecule has 9 aromatic rings. The van der Waals surface area contributed by atoms with Crippen LogP contribution in [0.3, 0.4) is 0 Å². The first kappa shape index (κ1) is 28.7. The molecule has 1 aliphatic carbocycles. The Hall–Kier alpha value is -6.16. The Bertz CT molecular complexity index is 2890. The number of aromatic nitrogens is 2. The number of allylic oxidation sites excluding steroid dienone is 4. The Balaban J connectivity index is 1.00. The molecule has 1 saturated heterocycles. The maximum atomic E-state index is 3.50. The van der Waals surface area contributed by atoms with Crippen LogP contribution in [0.25, 0.3) is 82.3 Å². The Morgan fingerprint density at radius 3 is 1.86 bits per heavy atom. The fourth-order valence-corrected chi connectivity index (χ4v) is 8.48. The number of nitrogens with zero attached hydrogens (tertiary/aromatic N) is 2. The fraction of sp³-hybridized carbons (Fsp3) is 0.0833. The monoisotopic (exact) mass is 653 g/mol. The van der Waals surface area contributed by atoms with Gasteiger partial charge in [-0.2, -0.15) is 0 Å². The lowest BCUT2D eigenvalue weighted by Gasteiger charge is -2.18. The van der Waals surface area contributed by atoms with Gasteiger partial charge in [0, 0.05) is 50.9 Å². The van der Waals surface area contributed by atoms with Crippen LogP contribution in [0.15, 0.2) is 170 Å². The molecule has 2 unspecified atom stereocenters. The van der Waals surface area contributed by atoms with E-state index in [0.717, 1.165) is 13.0 Å². The third-order valence-corrected chi connectivity index (χ3v) is 11.1. The number of rotatable bonds is 5. The SMILES string of the molecule is C1=CCC(n2c3ccccc3c3cc(-c4ccc(-c5ccc6c(c5)c5cc(C7CN7)ccc5n6-c5ccc6ccccc6c5)cc4)ccc32)C=C1. The topological polar surface area (TPSA) is 31.8 Å². The summed E-state index contributed by atoms with van der Waals surface area (Å²) >= 11 is 0. The van der Waals surface area contributed by atoms with Crippen LogP contribution in [0, 0.1) is 0 Å². The smallest absolute Gasteiger partial charge is 0.0560 e.